The number of hydrogen-bond acceptors (Lipinski definition) is 9. The Morgan fingerprint density at radius 3 is 2.49 bits per heavy atom. The number of hydrogen-bond donors (Lipinski definition) is 3. The van der Waals surface area contributed by atoms with Crippen LogP contribution in [0.5, 0.6) is 5.75 Å². The van der Waals surface area contributed by atoms with Gasteiger partial charge in [-0.3, -0.25) is 4.90 Å². The molecule has 3 aliphatic rings. The highest BCUT2D eigenvalue weighted by atomic mass is 32.2. The van der Waals surface area contributed by atoms with Crippen molar-refractivity contribution in [1.82, 2.24) is 15.1 Å². The largest absolute Gasteiger partial charge is 0.487 e. The zero-order chi connectivity index (χ0) is 30.0. The number of piperidine rings is 1. The van der Waals surface area contributed by atoms with E-state index in [4.69, 9.17) is 19.6 Å². The van der Waals surface area contributed by atoms with Crippen molar-refractivity contribution >= 4 is 23.3 Å². The molecule has 0 saturated carbocycles. The quantitative estimate of drug-likeness (QED) is 0.345. The van der Waals surface area contributed by atoms with Crippen molar-refractivity contribution in [2.24, 2.45) is 4.99 Å². The first-order valence-electron chi connectivity index (χ1n) is 15.3. The van der Waals surface area contributed by atoms with Gasteiger partial charge in [-0.2, -0.15) is 0 Å². The fourth-order valence-corrected chi connectivity index (χ4v) is 6.44. The van der Waals surface area contributed by atoms with E-state index in [1.54, 1.807) is 11.8 Å². The summed E-state index contributed by atoms with van der Waals surface area (Å²) < 4.78 is 11.3. The Hall–Kier alpha value is -2.92. The highest BCUT2D eigenvalue weighted by molar-refractivity contribution is 7.99. The van der Waals surface area contributed by atoms with Crippen LogP contribution < -0.4 is 10.1 Å². The molecule has 0 amide bonds. The Labute approximate surface area is 259 Å². The standard InChI is InChI=1S/C21H25N3O2S.C13H19NO2/c25-14-16-26-15-13-23-9-11-24(12-10-23)21-17-5-1-3-7-19(17)27-20-8-4-2-6-18(20)22-21;1-9-4-3-5-12(10(9)2)16-13-6-7-14-8-11(13)15/h1-8,25H,9-16H2;3-5,11,13-15H,6-8H2,1-2H3/t;11-,13+/m.1/s1. The molecule has 8 nitrogen and oxygen atoms in total. The lowest BCUT2D eigenvalue weighted by Crippen LogP contribution is -2.49. The van der Waals surface area contributed by atoms with Gasteiger partial charge in [-0.05, 0) is 62.2 Å². The molecule has 6 rings (SSSR count). The predicted molar refractivity (Wildman–Crippen MR) is 173 cm³/mol. The minimum Gasteiger partial charge on any atom is -0.487 e. The Balaban J connectivity index is 0.000000196. The van der Waals surface area contributed by atoms with Gasteiger partial charge in [0.1, 0.15) is 23.8 Å². The van der Waals surface area contributed by atoms with Crippen LogP contribution in [0.2, 0.25) is 0 Å². The van der Waals surface area contributed by atoms with Gasteiger partial charge in [0.2, 0.25) is 0 Å². The molecule has 0 unspecified atom stereocenters. The number of piperazine rings is 1. The van der Waals surface area contributed by atoms with Crippen LogP contribution >= 0.6 is 11.8 Å². The molecule has 0 bridgehead atoms. The molecule has 2 atom stereocenters. The number of aliphatic hydroxyl groups excluding tert-OH is 2. The number of ether oxygens (including phenoxy) is 2. The third kappa shape index (κ3) is 8.38. The van der Waals surface area contributed by atoms with Crippen molar-refractivity contribution in [3.63, 3.8) is 0 Å². The maximum atomic E-state index is 9.80. The van der Waals surface area contributed by atoms with Gasteiger partial charge >= 0.3 is 0 Å². The summed E-state index contributed by atoms with van der Waals surface area (Å²) in [5, 5.41) is 21.7. The highest BCUT2D eigenvalue weighted by Crippen LogP contribution is 2.40. The monoisotopic (exact) mass is 604 g/mol. The second kappa shape index (κ2) is 15.7. The summed E-state index contributed by atoms with van der Waals surface area (Å²) in [7, 11) is 0. The maximum Gasteiger partial charge on any atom is 0.137 e. The predicted octanol–water partition coefficient (Wildman–Crippen LogP) is 4.26. The number of benzene rings is 3. The number of aliphatic imine (C=N–C) groups is 1. The number of nitrogens with zero attached hydrogens (tertiary/aromatic N) is 3. The molecular weight excluding hydrogens is 560 g/mol. The van der Waals surface area contributed by atoms with Gasteiger partial charge in [-0.1, -0.05) is 54.2 Å². The van der Waals surface area contributed by atoms with Crippen molar-refractivity contribution in [3.05, 3.63) is 83.4 Å². The highest BCUT2D eigenvalue weighted by Gasteiger charge is 2.26. The van der Waals surface area contributed by atoms with E-state index >= 15 is 0 Å². The molecule has 230 valence electrons. The lowest BCUT2D eigenvalue weighted by atomic mass is 10.1. The Bertz CT molecular complexity index is 1360. The van der Waals surface area contributed by atoms with E-state index in [1.165, 1.54) is 20.9 Å². The van der Waals surface area contributed by atoms with Crippen molar-refractivity contribution < 1.29 is 19.7 Å². The zero-order valence-corrected chi connectivity index (χ0v) is 26.1. The molecule has 43 heavy (non-hydrogen) atoms. The molecule has 3 N–H and O–H groups in total. The fraction of sp³-hybridized carbons (Fsp3) is 0.441. The van der Waals surface area contributed by atoms with Crippen molar-refractivity contribution in [2.75, 3.05) is 65.6 Å². The molecule has 0 aromatic heterocycles. The van der Waals surface area contributed by atoms with Crippen molar-refractivity contribution in [3.8, 4) is 5.75 Å². The number of para-hydroxylation sites is 1. The SMILES string of the molecule is Cc1cccc(O[C@H]2CCNC[C@H]2O)c1C.OCCOCCN1CCN(C2=Nc3ccccc3Sc3ccccc32)CC1. The normalized spacial score (nSPS) is 20.2. The van der Waals surface area contributed by atoms with Gasteiger partial charge in [0.25, 0.3) is 0 Å². The van der Waals surface area contributed by atoms with Gasteiger partial charge in [0.05, 0.1) is 25.5 Å². The van der Waals surface area contributed by atoms with Crippen LogP contribution in [-0.4, -0.2) is 104 Å². The van der Waals surface area contributed by atoms with Crippen molar-refractivity contribution in [1.29, 1.82) is 0 Å². The third-order valence-corrected chi connectivity index (χ3v) is 9.26. The summed E-state index contributed by atoms with van der Waals surface area (Å²) in [4.78, 5) is 12.4. The summed E-state index contributed by atoms with van der Waals surface area (Å²) >= 11 is 1.80. The zero-order valence-electron chi connectivity index (χ0n) is 25.2. The number of aliphatic hydroxyl groups is 2. The van der Waals surface area contributed by atoms with E-state index in [0.717, 1.165) is 68.5 Å². The van der Waals surface area contributed by atoms with Crippen molar-refractivity contribution in [2.45, 2.75) is 42.3 Å². The van der Waals surface area contributed by atoms with Gasteiger partial charge in [-0.25, -0.2) is 4.99 Å². The van der Waals surface area contributed by atoms with E-state index in [2.05, 4.69) is 83.6 Å². The van der Waals surface area contributed by atoms with Crippen LogP contribution in [0.3, 0.4) is 0 Å². The molecule has 9 heteroatoms. The number of nitrogens with one attached hydrogen (secondary N) is 1. The van der Waals surface area contributed by atoms with Gasteiger partial charge in [0.15, 0.2) is 0 Å². The lowest BCUT2D eigenvalue weighted by Gasteiger charge is -2.36. The van der Waals surface area contributed by atoms with Crippen LogP contribution in [0.25, 0.3) is 0 Å². The fourth-order valence-electron chi connectivity index (χ4n) is 5.42. The molecular formula is C34H44N4O4S. The Morgan fingerprint density at radius 1 is 0.930 bits per heavy atom. The van der Waals surface area contributed by atoms with Gasteiger partial charge in [0, 0.05) is 54.6 Å². The summed E-state index contributed by atoms with van der Waals surface area (Å²) in [6.45, 7) is 11.7. The molecule has 0 radical (unpaired) electrons. The van der Waals surface area contributed by atoms with Crippen LogP contribution in [0.15, 0.2) is 81.5 Å². The second-order valence-electron chi connectivity index (χ2n) is 11.1. The van der Waals surface area contributed by atoms with Gasteiger partial charge in [-0.15, -0.1) is 0 Å². The summed E-state index contributed by atoms with van der Waals surface area (Å²) in [6, 6.07) is 23.0. The molecule has 0 aliphatic carbocycles. The van der Waals surface area contributed by atoms with E-state index in [9.17, 15) is 5.11 Å². The smallest absolute Gasteiger partial charge is 0.137 e. The number of rotatable bonds is 7. The first-order valence-corrected chi connectivity index (χ1v) is 16.1. The average Bonchev–Trinajstić information content (AvgIpc) is 3.20. The lowest BCUT2D eigenvalue weighted by molar-refractivity contribution is 0.0159. The van der Waals surface area contributed by atoms with E-state index in [0.29, 0.717) is 19.8 Å². The Morgan fingerprint density at radius 2 is 1.70 bits per heavy atom. The van der Waals surface area contributed by atoms with Gasteiger partial charge < -0.3 is 29.9 Å². The van der Waals surface area contributed by atoms with Crippen LogP contribution in [0.4, 0.5) is 5.69 Å². The number of amidine groups is 1. The first kappa shape index (κ1) is 31.5. The molecule has 3 aromatic rings. The number of aryl methyl sites for hydroxylation is 1. The minimum atomic E-state index is -0.409. The summed E-state index contributed by atoms with van der Waals surface area (Å²) in [6.07, 6.45) is 0.365. The first-order chi connectivity index (χ1) is 21.0. The van der Waals surface area contributed by atoms with E-state index < -0.39 is 6.10 Å². The average molecular weight is 605 g/mol. The summed E-state index contributed by atoms with van der Waals surface area (Å²) in [5.41, 5.74) is 4.65. The molecule has 3 aliphatic heterocycles. The second-order valence-corrected chi connectivity index (χ2v) is 12.2. The molecule has 3 heterocycles. The topological polar surface area (TPSA) is 89.8 Å². The number of fused-ring (bicyclic) bond motifs is 2. The number of β-amino-alcohol motifs (C(OH)–C–C–N with tert-alkyl or cyclic N) is 1. The maximum absolute atomic E-state index is 9.80. The third-order valence-electron chi connectivity index (χ3n) is 8.12. The van der Waals surface area contributed by atoms with E-state index in [1.807, 2.05) is 12.1 Å². The van der Waals surface area contributed by atoms with Crippen LogP contribution in [0.1, 0.15) is 23.1 Å². The summed E-state index contributed by atoms with van der Waals surface area (Å²) in [5.74, 6) is 1.98. The molecule has 3 aromatic carbocycles. The van der Waals surface area contributed by atoms with Crippen LogP contribution in [0, 0.1) is 13.8 Å². The molecule has 2 saturated heterocycles. The van der Waals surface area contributed by atoms with E-state index in [-0.39, 0.29) is 12.7 Å². The minimum absolute atomic E-state index is 0.0817. The molecule has 2 fully saturated rings. The van der Waals surface area contributed by atoms with Crippen LogP contribution in [-0.2, 0) is 4.74 Å². The Kier molecular flexibility index (Phi) is 11.5. The molecule has 0 spiro atoms.